The van der Waals surface area contributed by atoms with Crippen molar-refractivity contribution >= 4 is 11.6 Å². The predicted octanol–water partition coefficient (Wildman–Crippen LogP) is 4.22. The Bertz CT molecular complexity index is 1610. The SMILES string of the molecule is CC(C)(O)c1ccn(-c2cc3c(cn2)CCCCc2cc(OC4COc5cc(F)cnc54)c(Cl)c(=O)n2-3)n1. The van der Waals surface area contributed by atoms with Crippen molar-refractivity contribution in [2.45, 2.75) is 51.2 Å². The highest BCUT2D eigenvalue weighted by Crippen LogP contribution is 2.37. The Balaban J connectivity index is 1.41. The second-order valence-electron chi connectivity index (χ2n) is 9.99. The van der Waals surface area contributed by atoms with Gasteiger partial charge < -0.3 is 14.6 Å². The van der Waals surface area contributed by atoms with Crippen LogP contribution in [0.4, 0.5) is 4.39 Å². The van der Waals surface area contributed by atoms with E-state index >= 15 is 0 Å². The number of rotatable bonds is 4. The highest BCUT2D eigenvalue weighted by Gasteiger charge is 2.30. The summed E-state index contributed by atoms with van der Waals surface area (Å²) in [4.78, 5) is 22.4. The van der Waals surface area contributed by atoms with Crippen LogP contribution in [0.5, 0.6) is 11.5 Å². The normalized spacial score (nSPS) is 16.6. The fraction of sp³-hybridized carbons (Fsp3) is 0.333. The molecular weight excluding hydrogens is 513 g/mol. The second-order valence-corrected chi connectivity index (χ2v) is 10.4. The van der Waals surface area contributed by atoms with Gasteiger partial charge in [0, 0.05) is 36.3 Å². The molecule has 1 unspecified atom stereocenters. The summed E-state index contributed by atoms with van der Waals surface area (Å²) in [6.45, 7) is 3.46. The summed E-state index contributed by atoms with van der Waals surface area (Å²) in [5, 5.41) is 14.7. The number of fused-ring (bicyclic) bond motifs is 4. The maximum Gasteiger partial charge on any atom is 0.277 e. The Morgan fingerprint density at radius 3 is 2.79 bits per heavy atom. The van der Waals surface area contributed by atoms with E-state index in [1.165, 1.54) is 6.07 Å². The quantitative estimate of drug-likeness (QED) is 0.415. The molecule has 9 nitrogen and oxygen atoms in total. The van der Waals surface area contributed by atoms with E-state index in [2.05, 4.69) is 15.1 Å². The van der Waals surface area contributed by atoms with Crippen molar-refractivity contribution in [3.05, 3.63) is 86.7 Å². The number of nitrogens with zero attached hydrogens (tertiary/aromatic N) is 5. The van der Waals surface area contributed by atoms with Gasteiger partial charge in [-0.05, 0) is 51.2 Å². The van der Waals surface area contributed by atoms with Gasteiger partial charge in [0.15, 0.2) is 11.9 Å². The van der Waals surface area contributed by atoms with Crippen LogP contribution >= 0.6 is 11.6 Å². The van der Waals surface area contributed by atoms with Crippen molar-refractivity contribution in [2.24, 2.45) is 0 Å². The minimum absolute atomic E-state index is 0.0717. The van der Waals surface area contributed by atoms with E-state index in [0.29, 0.717) is 35.1 Å². The molecule has 11 heteroatoms. The largest absolute Gasteiger partial charge is 0.487 e. The van der Waals surface area contributed by atoms with Crippen molar-refractivity contribution in [1.82, 2.24) is 24.3 Å². The molecule has 38 heavy (non-hydrogen) atoms. The van der Waals surface area contributed by atoms with Crippen LogP contribution in [0.15, 0.2) is 47.7 Å². The molecule has 1 atom stereocenters. The number of pyridine rings is 3. The Labute approximate surface area is 222 Å². The Hall–Kier alpha value is -3.76. The molecule has 0 aromatic carbocycles. The molecule has 4 aromatic heterocycles. The van der Waals surface area contributed by atoms with E-state index < -0.39 is 23.1 Å². The standard InChI is InChI=1S/C27H25ClFN5O4/c1-27(2,36)22-7-8-33(32-22)23-11-18-15(12-30-23)5-3-4-6-17-10-19(24(28)26(35)34(17)18)38-21-14-37-20-9-16(29)13-31-25(20)21/h7-13,21,36H,3-6,14H2,1-2H3. The van der Waals surface area contributed by atoms with Gasteiger partial charge in [0.05, 0.1) is 17.6 Å². The van der Waals surface area contributed by atoms with Crippen molar-refractivity contribution in [1.29, 1.82) is 0 Å². The third-order valence-corrected chi connectivity index (χ3v) is 7.12. The average Bonchev–Trinajstić information content (AvgIpc) is 3.51. The third-order valence-electron chi connectivity index (χ3n) is 6.77. The molecule has 196 valence electrons. The van der Waals surface area contributed by atoms with Gasteiger partial charge in [0.2, 0.25) is 0 Å². The van der Waals surface area contributed by atoms with Gasteiger partial charge in [-0.3, -0.25) is 14.3 Å². The Morgan fingerprint density at radius 1 is 1.18 bits per heavy atom. The summed E-state index contributed by atoms with van der Waals surface area (Å²) < 4.78 is 28.3. The number of aliphatic hydroxyl groups is 1. The van der Waals surface area contributed by atoms with E-state index in [1.54, 1.807) is 47.6 Å². The maximum absolute atomic E-state index is 13.7. The first-order valence-corrected chi connectivity index (χ1v) is 12.7. The lowest BCUT2D eigenvalue weighted by molar-refractivity contribution is 0.0734. The minimum atomic E-state index is -1.10. The summed E-state index contributed by atoms with van der Waals surface area (Å²) in [6.07, 6.45) is 7.16. The highest BCUT2D eigenvalue weighted by molar-refractivity contribution is 6.31. The maximum atomic E-state index is 13.7. The Kier molecular flexibility index (Phi) is 5.96. The van der Waals surface area contributed by atoms with Crippen LogP contribution < -0.4 is 15.0 Å². The summed E-state index contributed by atoms with van der Waals surface area (Å²) in [5.74, 6) is 0.552. The van der Waals surface area contributed by atoms with E-state index in [1.807, 2.05) is 6.07 Å². The van der Waals surface area contributed by atoms with Crippen LogP contribution in [0.25, 0.3) is 11.5 Å². The smallest absolute Gasteiger partial charge is 0.277 e. The van der Waals surface area contributed by atoms with Crippen LogP contribution in [-0.2, 0) is 18.4 Å². The van der Waals surface area contributed by atoms with Gasteiger partial charge in [-0.1, -0.05) is 11.6 Å². The van der Waals surface area contributed by atoms with Crippen LogP contribution in [0.3, 0.4) is 0 Å². The molecule has 0 amide bonds. The first-order chi connectivity index (χ1) is 18.2. The van der Waals surface area contributed by atoms with Gasteiger partial charge in [0.1, 0.15) is 40.2 Å². The van der Waals surface area contributed by atoms with Crippen LogP contribution in [0.2, 0.25) is 5.02 Å². The lowest BCUT2D eigenvalue weighted by atomic mass is 10.0. The topological polar surface area (TPSA) is 104 Å². The lowest BCUT2D eigenvalue weighted by Gasteiger charge is -2.22. The van der Waals surface area contributed by atoms with Crippen LogP contribution in [0.1, 0.15) is 55.4 Å². The molecule has 0 fully saturated rings. The van der Waals surface area contributed by atoms with Crippen molar-refractivity contribution < 1.29 is 19.0 Å². The molecule has 0 saturated carbocycles. The molecule has 0 spiro atoms. The number of aryl methyl sites for hydroxylation is 2. The monoisotopic (exact) mass is 537 g/mol. The molecule has 4 aromatic rings. The van der Waals surface area contributed by atoms with E-state index in [9.17, 15) is 14.3 Å². The number of halogens is 2. The predicted molar refractivity (Wildman–Crippen MR) is 137 cm³/mol. The van der Waals surface area contributed by atoms with Gasteiger partial charge in [-0.15, -0.1) is 0 Å². The van der Waals surface area contributed by atoms with E-state index in [0.717, 1.165) is 36.7 Å². The molecule has 6 heterocycles. The summed E-state index contributed by atoms with van der Waals surface area (Å²) in [6, 6.07) is 6.58. The second kappa shape index (κ2) is 9.21. The first-order valence-electron chi connectivity index (χ1n) is 12.4. The number of aromatic nitrogens is 5. The molecule has 0 bridgehead atoms. The minimum Gasteiger partial charge on any atom is -0.487 e. The van der Waals surface area contributed by atoms with Crippen molar-refractivity contribution in [3.8, 4) is 23.0 Å². The average molecular weight is 538 g/mol. The Morgan fingerprint density at radius 2 is 2.00 bits per heavy atom. The van der Waals surface area contributed by atoms with Crippen LogP contribution in [-0.4, -0.2) is 36.0 Å². The molecule has 6 rings (SSSR count). The lowest BCUT2D eigenvalue weighted by Crippen LogP contribution is -2.26. The number of hydrogen-bond acceptors (Lipinski definition) is 7. The molecule has 2 aliphatic rings. The van der Waals surface area contributed by atoms with Gasteiger partial charge in [-0.25, -0.2) is 14.1 Å². The van der Waals surface area contributed by atoms with Gasteiger partial charge >= 0.3 is 0 Å². The van der Waals surface area contributed by atoms with Gasteiger partial charge in [-0.2, -0.15) is 5.10 Å². The molecule has 2 aliphatic heterocycles. The zero-order chi connectivity index (χ0) is 26.6. The highest BCUT2D eigenvalue weighted by atomic mass is 35.5. The zero-order valence-electron chi connectivity index (χ0n) is 20.8. The molecule has 0 saturated heterocycles. The molecule has 0 aliphatic carbocycles. The fourth-order valence-electron chi connectivity index (χ4n) is 4.81. The van der Waals surface area contributed by atoms with Crippen LogP contribution in [0, 0.1) is 5.82 Å². The number of hydrogen-bond donors (Lipinski definition) is 1. The molecule has 0 radical (unpaired) electrons. The van der Waals surface area contributed by atoms with E-state index in [-0.39, 0.29) is 17.4 Å². The van der Waals surface area contributed by atoms with Crippen molar-refractivity contribution in [2.75, 3.05) is 6.61 Å². The van der Waals surface area contributed by atoms with E-state index in [4.69, 9.17) is 21.1 Å². The summed E-state index contributed by atoms with van der Waals surface area (Å²) in [5.41, 5.74) is 1.79. The number of ether oxygens (including phenoxy) is 2. The fourth-order valence-corrected chi connectivity index (χ4v) is 4.99. The first kappa shape index (κ1) is 24.6. The van der Waals surface area contributed by atoms with Crippen molar-refractivity contribution in [3.63, 3.8) is 0 Å². The van der Waals surface area contributed by atoms with Gasteiger partial charge in [0.25, 0.3) is 5.56 Å². The molecule has 1 N–H and O–H groups in total. The zero-order valence-corrected chi connectivity index (χ0v) is 21.6. The summed E-state index contributed by atoms with van der Waals surface area (Å²) >= 11 is 6.59. The molecular formula is C27H25ClFN5O4. The third kappa shape index (κ3) is 4.33. The summed E-state index contributed by atoms with van der Waals surface area (Å²) in [7, 11) is 0.